The van der Waals surface area contributed by atoms with Crippen LogP contribution in [0, 0.1) is 17.2 Å². The van der Waals surface area contributed by atoms with Gasteiger partial charge in [-0.2, -0.15) is 0 Å². The van der Waals surface area contributed by atoms with Crippen molar-refractivity contribution in [3.8, 4) is 23.0 Å². The lowest BCUT2D eigenvalue weighted by atomic mass is 9.77. The molecule has 18 amide bonds. The number of benzene rings is 3. The third kappa shape index (κ3) is 30.7. The van der Waals surface area contributed by atoms with Crippen molar-refractivity contribution in [2.24, 2.45) is 29.0 Å². The number of esters is 1. The van der Waals surface area contributed by atoms with E-state index < -0.39 is 265 Å². The van der Waals surface area contributed by atoms with Crippen molar-refractivity contribution in [3.63, 3.8) is 0 Å². The first-order valence-electron chi connectivity index (χ1n) is 41.7. The predicted molar refractivity (Wildman–Crippen MR) is 459 cm³/mol. The van der Waals surface area contributed by atoms with Gasteiger partial charge in [-0.3, -0.25) is 97.1 Å². The summed E-state index contributed by atoms with van der Waals surface area (Å²) in [6, 6.07) is -10.0. The number of carbonyl (C=O) groups excluding carboxylic acids is 18. The second-order valence-corrected chi connectivity index (χ2v) is 31.8. The monoisotopic (exact) mass is 1870 g/mol. The molecule has 1 spiro atoms. The highest BCUT2D eigenvalue weighted by atomic mass is 16.6. The number of aromatic hydroxyl groups is 2. The third-order valence-corrected chi connectivity index (χ3v) is 20.9. The lowest BCUT2D eigenvalue weighted by Gasteiger charge is -2.36. The Kier molecular flexibility index (Phi) is 38.7. The quantitative estimate of drug-likeness (QED) is 0.00644. The maximum atomic E-state index is 14.3. The van der Waals surface area contributed by atoms with E-state index in [0.29, 0.717) is 5.01 Å². The summed E-state index contributed by atoms with van der Waals surface area (Å²) < 4.78 is 12.1. The van der Waals surface area contributed by atoms with Crippen LogP contribution in [0.3, 0.4) is 0 Å². The predicted octanol–water partition coefficient (Wildman–Crippen LogP) is -5.76. The highest BCUT2D eigenvalue weighted by Gasteiger charge is 2.54. The van der Waals surface area contributed by atoms with Gasteiger partial charge >= 0.3 is 29.9 Å². The summed E-state index contributed by atoms with van der Waals surface area (Å²) in [6.45, 7) is 11.3. The van der Waals surface area contributed by atoms with Gasteiger partial charge in [0.15, 0.2) is 11.6 Å². The first-order valence-corrected chi connectivity index (χ1v) is 41.7. The van der Waals surface area contributed by atoms with Gasteiger partial charge in [-0.1, -0.05) is 34.1 Å². The molecule has 0 saturated heterocycles. The number of aliphatic carboxylic acids is 3. The molecule has 0 radical (unpaired) electrons. The Morgan fingerprint density at radius 2 is 0.970 bits per heavy atom. The molecule has 0 bridgehead atoms. The zero-order valence-corrected chi connectivity index (χ0v) is 74.0. The third-order valence-electron chi connectivity index (χ3n) is 20.9. The summed E-state index contributed by atoms with van der Waals surface area (Å²) in [4.78, 5) is 287. The van der Waals surface area contributed by atoms with Gasteiger partial charge in [-0.25, -0.2) is 24.4 Å². The van der Waals surface area contributed by atoms with Crippen LogP contribution in [0.1, 0.15) is 170 Å². The molecule has 3 aromatic carbocycles. The zero-order chi connectivity index (χ0) is 99.3. The van der Waals surface area contributed by atoms with Crippen molar-refractivity contribution in [2.75, 3.05) is 20.1 Å². The molecule has 1 aromatic heterocycles. The minimum atomic E-state index is -1.98. The number of nitrogens with two attached hydrogens (primary N) is 3. The number of urea groups is 1. The molecule has 6 rings (SSSR count). The minimum Gasteiger partial charge on any atom is -0.508 e. The molecule has 3 heterocycles. The fraction of sp³-hybridized carbons (Fsp3) is 0.476. The summed E-state index contributed by atoms with van der Waals surface area (Å²) in [5.41, 5.74) is 17.4. The van der Waals surface area contributed by atoms with Crippen LogP contribution in [-0.2, 0) is 103 Å². The summed E-state index contributed by atoms with van der Waals surface area (Å²) >= 11 is 0. The number of primary amides is 2. The fourth-order valence-electron chi connectivity index (χ4n) is 13.4. The largest absolute Gasteiger partial charge is 0.508 e. The molecular weight excluding hydrogens is 1760 g/mol. The number of hydrazine groups is 1. The Hall–Kier alpha value is -15.8. The lowest BCUT2D eigenvalue weighted by molar-refractivity contribution is -0.142. The molecule has 14 atom stereocenters. The maximum absolute atomic E-state index is 14.3. The molecule has 2 aliphatic heterocycles. The molecule has 0 unspecified atom stereocenters. The van der Waals surface area contributed by atoms with Gasteiger partial charge in [-0.15, -0.1) is 0 Å². The summed E-state index contributed by atoms with van der Waals surface area (Å²) in [7, 11) is 1.07. The van der Waals surface area contributed by atoms with Crippen LogP contribution in [0.15, 0.2) is 67.1 Å². The first kappa shape index (κ1) is 106. The Morgan fingerprint density at radius 3 is 1.48 bits per heavy atom. The van der Waals surface area contributed by atoms with E-state index in [4.69, 9.17) is 32.1 Å². The fourth-order valence-corrected chi connectivity index (χ4v) is 13.4. The number of guanidine groups is 1. The standard InChI is InChI=1S/C82H111N23O28/c1-11-36(4)64(76(126)101-55(31-59(84)109)75(125)99-51(21-24-61(111)112)72(122)92-37(5)65(115)89-33-60(110)96-53(78(128)129)13-12-26-88-80(85)86)103-73(123)52(22-25-62(113)114)97-67(117)39(7)94-74(124)54(28-43-32-87-34-90-43)100-68(118)38(6)91-66(116)41(9)95-81(131)105(10)104-77(127)63(35(2)3)102-69(119)40(8)93-71(121)50(20-23-58(83)108)98-70(120)42-14-17-46-49(27-42)82(133-79(46)130)47-18-15-44(106)29-56(47)132-57-30-45(107)16-19-48(57)82/h14-19,27,29-30,32,34-41,50-55,63-64,106-107H,11-13,20-26,28,31,33H2,1-10H3,(H2,83,108)(H2,84,109)(H,87,90)(H,89,115)(H,91,116)(H,92,122)(H,93,121)(H,94,124)(H,95,131)(H,96,110)(H,97,117)(H,98,120)(H,99,125)(H,100,118)(H,101,126)(H,102,119)(H,103,123)(H,104,127)(H,111,112)(H,113,114)(H,128,129)(H4,85,86,88)/t36-,37-,38-,39-,40-,41-,50-,51-,52-,53-,54-,55-,63-,64-/m0/s1. The second-order valence-electron chi connectivity index (χ2n) is 31.8. The van der Waals surface area contributed by atoms with Crippen molar-refractivity contribution in [3.05, 3.63) is 101 Å². The lowest BCUT2D eigenvalue weighted by Crippen LogP contribution is -2.61. The van der Waals surface area contributed by atoms with Gasteiger partial charge in [0.25, 0.3) is 11.8 Å². The van der Waals surface area contributed by atoms with Crippen molar-refractivity contribution in [1.29, 1.82) is 5.41 Å². The number of aromatic amines is 1. The highest BCUT2D eigenvalue weighted by Crippen LogP contribution is 2.57. The van der Waals surface area contributed by atoms with E-state index in [2.05, 4.69) is 95.1 Å². The molecule has 133 heavy (non-hydrogen) atoms. The molecule has 51 heteroatoms. The van der Waals surface area contributed by atoms with Crippen LogP contribution < -0.4 is 107 Å². The number of carboxylic acid groups (broad SMARTS) is 3. The van der Waals surface area contributed by atoms with Crippen molar-refractivity contribution in [1.82, 2.24) is 100 Å². The van der Waals surface area contributed by atoms with E-state index in [-0.39, 0.29) is 101 Å². The molecule has 2 aliphatic rings. The number of fused-ring (bicyclic) bond motifs is 6. The Balaban J connectivity index is 1.03. The van der Waals surface area contributed by atoms with E-state index in [1.165, 1.54) is 109 Å². The maximum Gasteiger partial charge on any atom is 0.340 e. The number of imidazole rings is 1. The van der Waals surface area contributed by atoms with Crippen LogP contribution in [0.25, 0.3) is 0 Å². The van der Waals surface area contributed by atoms with Gasteiger partial charge < -0.3 is 137 Å². The van der Waals surface area contributed by atoms with Gasteiger partial charge in [0, 0.05) is 79.9 Å². The average Bonchev–Trinajstić information content (AvgIpc) is 1.58. The number of amides is 18. The van der Waals surface area contributed by atoms with E-state index in [1.807, 2.05) is 0 Å². The van der Waals surface area contributed by atoms with Gasteiger partial charge in [0.1, 0.15) is 102 Å². The van der Waals surface area contributed by atoms with E-state index in [9.17, 15) is 126 Å². The summed E-state index contributed by atoms with van der Waals surface area (Å²) in [5.74, 6) is -24.5. The zero-order valence-electron chi connectivity index (χ0n) is 74.0. The first-order chi connectivity index (χ1) is 62.4. The smallest absolute Gasteiger partial charge is 0.340 e. The van der Waals surface area contributed by atoms with E-state index in [0.717, 1.165) is 20.9 Å². The molecule has 4 aromatic rings. The number of hydrogen-bond donors (Lipinski definition) is 26. The van der Waals surface area contributed by atoms with Crippen LogP contribution in [0.2, 0.25) is 0 Å². The molecule has 0 saturated carbocycles. The molecule has 51 nitrogen and oxygen atoms in total. The van der Waals surface area contributed by atoms with Gasteiger partial charge in [0.05, 0.1) is 30.6 Å². The molecule has 722 valence electrons. The number of hydrogen-bond acceptors (Lipinski definition) is 27. The number of nitrogens with one attached hydrogen (secondary N) is 18. The SMILES string of the molecule is CC[C@H](C)[C@H](NC(=O)[C@H](CCC(=O)O)NC(=O)[C@H](C)NC(=O)[C@H](Cc1c[nH]cn1)NC(=O)[C@H](C)NC(=O)[C@H](C)NC(=O)N(C)NC(=O)[C@@H](NC(=O)[C@H](C)NC(=O)[C@H](CCC(N)=O)NC(=O)c1ccc2c(c1)C1(OC2=O)c2ccc(O)cc2Oc2cc(O)ccc21)C(C)C)C(=O)N[C@@H](CC(N)=O)C(=O)N[C@@H](CCC(=O)O)C(=O)N[C@@H](C)C(=O)NCC(=O)N[C@@H](CCCNC(=N)N)C(=O)O. The number of ether oxygens (including phenoxy) is 2. The van der Waals surface area contributed by atoms with Gasteiger partial charge in [0.2, 0.25) is 82.7 Å². The number of carboxylic acids is 3. The Morgan fingerprint density at radius 1 is 0.496 bits per heavy atom. The number of H-pyrrole nitrogens is 1. The van der Waals surface area contributed by atoms with Crippen molar-refractivity contribution < 1.29 is 136 Å². The Labute approximate surface area is 758 Å². The van der Waals surface area contributed by atoms with Crippen LogP contribution in [0.4, 0.5) is 4.79 Å². The molecular formula is C82H111N23O28. The average molecular weight is 1870 g/mol. The molecule has 29 N–H and O–H groups in total. The normalized spacial score (nSPS) is 15.0. The number of rotatable bonds is 49. The summed E-state index contributed by atoms with van der Waals surface area (Å²) in [6.07, 6.45) is -2.37. The summed E-state index contributed by atoms with van der Waals surface area (Å²) in [5, 5.41) is 92.6. The van der Waals surface area contributed by atoms with E-state index >= 15 is 0 Å². The number of carbonyl (C=O) groups is 21. The second kappa shape index (κ2) is 48.6. The number of phenolic OH excluding ortho intramolecular Hbond substituents is 2. The van der Waals surface area contributed by atoms with Crippen LogP contribution >= 0.6 is 0 Å². The van der Waals surface area contributed by atoms with Crippen LogP contribution in [0.5, 0.6) is 23.0 Å². The topological polar surface area (TPSA) is 804 Å². The number of phenols is 2. The van der Waals surface area contributed by atoms with Gasteiger partial charge in [-0.05, 0) is 121 Å². The Bertz CT molecular complexity index is 5040. The van der Waals surface area contributed by atoms with Crippen LogP contribution in [-0.4, -0.2) is 270 Å². The number of nitrogens with zero attached hydrogens (tertiary/aromatic N) is 2. The minimum absolute atomic E-state index is 0.0317. The number of aromatic nitrogens is 2. The van der Waals surface area contributed by atoms with E-state index in [1.54, 1.807) is 6.92 Å². The van der Waals surface area contributed by atoms with Crippen molar-refractivity contribution >= 4 is 130 Å². The molecule has 0 fully saturated rings. The molecule has 0 aliphatic carbocycles. The van der Waals surface area contributed by atoms with Crippen molar-refractivity contribution in [2.45, 2.75) is 217 Å². The highest BCUT2D eigenvalue weighted by molar-refractivity contribution is 6.04.